The number of rotatable bonds is 0. The fraction of sp³-hybridized carbons (Fsp3) is 1.00. The van der Waals surface area contributed by atoms with Gasteiger partial charge in [0.2, 0.25) is 0 Å². The highest BCUT2D eigenvalue weighted by molar-refractivity contribution is 14.2. The lowest BCUT2D eigenvalue weighted by Gasteiger charge is -1.88. The summed E-state index contributed by atoms with van der Waals surface area (Å²) in [7, 11) is 0. The Balaban J connectivity index is 3.02. The van der Waals surface area contributed by atoms with Crippen molar-refractivity contribution in [2.75, 3.05) is 0 Å². The van der Waals surface area contributed by atoms with Crippen LogP contribution in [0.1, 0.15) is 0 Å². The standard InChI is InChI=1S/CF2I2/c2-1(3,4)5. The van der Waals surface area contributed by atoms with Crippen LogP contribution in [-0.2, 0) is 0 Å². The third-order valence-corrected chi connectivity index (χ3v) is 0. The normalized spacial score (nSPS) is 12.0. The Morgan fingerprint density at radius 3 is 1.20 bits per heavy atom. The van der Waals surface area contributed by atoms with Crippen molar-refractivity contribution in [1.82, 2.24) is 0 Å². The SMILES string of the molecule is FC(F)(I)I. The maximum Gasteiger partial charge on any atom is 0.345 e. The van der Waals surface area contributed by atoms with Crippen molar-refractivity contribution in [2.24, 2.45) is 0 Å². The van der Waals surface area contributed by atoms with Crippen molar-refractivity contribution >= 4 is 45.2 Å². The van der Waals surface area contributed by atoms with Crippen molar-refractivity contribution < 1.29 is 8.78 Å². The summed E-state index contributed by atoms with van der Waals surface area (Å²) in [6, 6.07) is 0. The van der Waals surface area contributed by atoms with Crippen LogP contribution in [0.4, 0.5) is 8.78 Å². The first kappa shape index (κ1) is 6.32. The molecule has 4 heteroatoms. The zero-order valence-electron chi connectivity index (χ0n) is 2.01. The average molecular weight is 304 g/mol. The van der Waals surface area contributed by atoms with Crippen molar-refractivity contribution in [3.8, 4) is 0 Å². The molecule has 0 nitrogen and oxygen atoms in total. The van der Waals surface area contributed by atoms with Gasteiger partial charge in [-0.15, -0.1) is 0 Å². The Labute approximate surface area is 55.6 Å². The molecule has 0 saturated heterocycles. The number of hydrogen-bond acceptors (Lipinski definition) is 0. The van der Waals surface area contributed by atoms with Crippen LogP contribution in [0.3, 0.4) is 0 Å². The lowest BCUT2D eigenvalue weighted by Crippen LogP contribution is -1.83. The minimum Gasteiger partial charge on any atom is -0.184 e. The van der Waals surface area contributed by atoms with E-state index in [0.29, 0.717) is 0 Å². The van der Waals surface area contributed by atoms with Crippen molar-refractivity contribution in [3.05, 3.63) is 0 Å². The molecule has 0 aliphatic heterocycles. The molecule has 32 valence electrons. The maximum absolute atomic E-state index is 11.0. The average Bonchev–Trinajstić information content (AvgIpc) is 0.722. The summed E-state index contributed by atoms with van der Waals surface area (Å²) in [5, 5.41) is 0. The highest BCUT2D eigenvalue weighted by atomic mass is 127. The van der Waals surface area contributed by atoms with Gasteiger partial charge in [0, 0.05) is 45.2 Å². The molecule has 0 radical (unpaired) electrons. The van der Waals surface area contributed by atoms with Gasteiger partial charge in [0.05, 0.1) is 0 Å². The summed E-state index contributed by atoms with van der Waals surface area (Å²) in [5.74, 6) is 0. The first-order valence-corrected chi connectivity index (χ1v) is 2.91. The first-order chi connectivity index (χ1) is 2.00. The van der Waals surface area contributed by atoms with E-state index in [2.05, 4.69) is 0 Å². The van der Waals surface area contributed by atoms with Crippen molar-refractivity contribution in [3.63, 3.8) is 0 Å². The molecule has 0 rings (SSSR count). The third kappa shape index (κ3) is 33.7. The quantitative estimate of drug-likeness (QED) is 0.476. The molecule has 0 fully saturated rings. The largest absolute Gasteiger partial charge is 0.345 e. The zero-order valence-corrected chi connectivity index (χ0v) is 6.33. The molecule has 0 unspecified atom stereocenters. The molecule has 0 saturated carbocycles. The van der Waals surface area contributed by atoms with E-state index in [4.69, 9.17) is 0 Å². The molecule has 0 spiro atoms. The topological polar surface area (TPSA) is 0 Å². The summed E-state index contributed by atoms with van der Waals surface area (Å²) < 4.78 is 19.4. The van der Waals surface area contributed by atoms with E-state index in [9.17, 15) is 8.78 Å². The summed E-state index contributed by atoms with van der Waals surface area (Å²) in [6.07, 6.45) is 0. The molecule has 0 heterocycles. The summed E-state index contributed by atoms with van der Waals surface area (Å²) in [4.78, 5) is 0. The number of alkyl halides is 4. The molecule has 0 N–H and O–H groups in total. The van der Waals surface area contributed by atoms with Crippen LogP contribution < -0.4 is 0 Å². The molecule has 0 aromatic heterocycles. The van der Waals surface area contributed by atoms with Gasteiger partial charge in [-0.05, 0) is 0 Å². The van der Waals surface area contributed by atoms with E-state index in [1.807, 2.05) is 0 Å². The molecule has 5 heavy (non-hydrogen) atoms. The molecule has 0 amide bonds. The molecule has 0 aromatic carbocycles. The lowest BCUT2D eigenvalue weighted by atomic mass is 11.7. The van der Waals surface area contributed by atoms with Crippen molar-refractivity contribution in [1.29, 1.82) is 0 Å². The van der Waals surface area contributed by atoms with Gasteiger partial charge in [0.15, 0.2) is 0 Å². The van der Waals surface area contributed by atoms with E-state index < -0.39 is 1.94 Å². The number of hydrogen-bond donors (Lipinski definition) is 0. The van der Waals surface area contributed by atoms with Gasteiger partial charge in [-0.25, -0.2) is 0 Å². The molecular formula is CF2I2. The Morgan fingerprint density at radius 1 is 1.20 bits per heavy atom. The van der Waals surface area contributed by atoms with E-state index in [1.165, 1.54) is 0 Å². The molecule has 0 atom stereocenters. The second-order valence-electron chi connectivity index (χ2n) is 0.429. The van der Waals surface area contributed by atoms with Gasteiger partial charge in [0.25, 0.3) is 0 Å². The van der Waals surface area contributed by atoms with Gasteiger partial charge in [-0.1, -0.05) is 0 Å². The van der Waals surface area contributed by atoms with E-state index >= 15 is 0 Å². The fourth-order valence-electron chi connectivity index (χ4n) is 0. The summed E-state index contributed by atoms with van der Waals surface area (Å²) in [6.45, 7) is 0. The summed E-state index contributed by atoms with van der Waals surface area (Å²) in [5.41, 5.74) is 0. The van der Waals surface area contributed by atoms with Crippen LogP contribution in [0.25, 0.3) is 0 Å². The van der Waals surface area contributed by atoms with Crippen LogP contribution >= 0.6 is 45.2 Å². The molecule has 0 aliphatic rings. The predicted octanol–water partition coefficient (Wildman–Crippen LogP) is 2.41. The Kier molecular flexibility index (Phi) is 2.34. The zero-order chi connectivity index (χ0) is 4.50. The van der Waals surface area contributed by atoms with Gasteiger partial charge < -0.3 is 0 Å². The minimum atomic E-state index is -2.56. The van der Waals surface area contributed by atoms with E-state index in [0.717, 1.165) is 45.2 Å². The fourth-order valence-corrected chi connectivity index (χ4v) is 0. The maximum atomic E-state index is 11.0. The summed E-state index contributed by atoms with van der Waals surface area (Å²) >= 11 is 2.06. The molecule has 0 aromatic rings. The third-order valence-electron chi connectivity index (χ3n) is 0. The second-order valence-corrected chi connectivity index (χ2v) is 5.20. The van der Waals surface area contributed by atoms with Crippen LogP contribution in [0.15, 0.2) is 0 Å². The Hall–Kier alpha value is 1.32. The monoisotopic (exact) mass is 304 g/mol. The van der Waals surface area contributed by atoms with Crippen LogP contribution in [-0.4, -0.2) is 1.94 Å². The van der Waals surface area contributed by atoms with Crippen molar-refractivity contribution in [2.45, 2.75) is 1.94 Å². The Bertz CT molecular complexity index is 23.1. The van der Waals surface area contributed by atoms with Gasteiger partial charge in [-0.3, -0.25) is 0 Å². The molecule has 0 bridgehead atoms. The lowest BCUT2D eigenvalue weighted by molar-refractivity contribution is 0.252. The van der Waals surface area contributed by atoms with Gasteiger partial charge in [0.1, 0.15) is 0 Å². The van der Waals surface area contributed by atoms with Crippen LogP contribution in [0.2, 0.25) is 0 Å². The molecular weight excluding hydrogens is 304 g/mol. The van der Waals surface area contributed by atoms with E-state index in [-0.39, 0.29) is 0 Å². The van der Waals surface area contributed by atoms with Gasteiger partial charge in [-0.2, -0.15) is 8.78 Å². The Morgan fingerprint density at radius 2 is 1.20 bits per heavy atom. The smallest absolute Gasteiger partial charge is 0.184 e. The highest BCUT2D eigenvalue weighted by Crippen LogP contribution is 2.29. The number of halogens is 4. The van der Waals surface area contributed by atoms with E-state index in [1.54, 1.807) is 0 Å². The molecule has 0 aliphatic carbocycles. The second kappa shape index (κ2) is 1.85. The highest BCUT2D eigenvalue weighted by Gasteiger charge is 2.14. The van der Waals surface area contributed by atoms with Gasteiger partial charge >= 0.3 is 1.94 Å². The first-order valence-electron chi connectivity index (χ1n) is 0.756. The minimum absolute atomic E-state index is 1.03. The van der Waals surface area contributed by atoms with Crippen LogP contribution in [0.5, 0.6) is 0 Å². The predicted molar refractivity (Wildman–Crippen MR) is 33.0 cm³/mol. The van der Waals surface area contributed by atoms with Crippen LogP contribution in [0, 0.1) is 0 Å².